The van der Waals surface area contributed by atoms with E-state index in [0.717, 1.165) is 29.5 Å². The maximum atomic E-state index is 13.3. The van der Waals surface area contributed by atoms with E-state index in [1.165, 1.54) is 30.3 Å². The van der Waals surface area contributed by atoms with E-state index in [0.29, 0.717) is 17.2 Å². The lowest BCUT2D eigenvalue weighted by Crippen LogP contribution is -2.44. The highest BCUT2D eigenvalue weighted by atomic mass is 16.7. The highest BCUT2D eigenvalue weighted by Crippen LogP contribution is 2.32. The number of anilines is 1. The number of carbonyl (C=O) groups excluding carboxylic acids is 3. The van der Waals surface area contributed by atoms with Gasteiger partial charge in [0.15, 0.2) is 11.5 Å². The number of ether oxygens (including phenoxy) is 2. The minimum Gasteiger partial charge on any atom is -0.454 e. The number of nitrogens with two attached hydrogens (primary N) is 1. The second-order valence-electron chi connectivity index (χ2n) is 9.78. The average Bonchev–Trinajstić information content (AvgIpc) is 3.47. The largest absolute Gasteiger partial charge is 0.454 e. The first-order chi connectivity index (χ1) is 19.7. The summed E-state index contributed by atoms with van der Waals surface area (Å²) in [7, 11) is 0. The number of carbonyl (C=O) groups is 3. The molecule has 41 heavy (non-hydrogen) atoms. The van der Waals surface area contributed by atoms with Crippen molar-refractivity contribution in [2.45, 2.75) is 44.7 Å². The Hall–Kier alpha value is -4.67. The third kappa shape index (κ3) is 7.30. The van der Waals surface area contributed by atoms with Crippen molar-refractivity contribution in [2.75, 3.05) is 12.1 Å². The Morgan fingerprint density at radius 3 is 2.32 bits per heavy atom. The topological polar surface area (TPSA) is 152 Å². The van der Waals surface area contributed by atoms with Crippen molar-refractivity contribution >= 4 is 29.5 Å². The molecule has 0 bridgehead atoms. The van der Waals surface area contributed by atoms with E-state index < -0.39 is 29.3 Å². The van der Waals surface area contributed by atoms with Gasteiger partial charge < -0.3 is 25.8 Å². The molecular formula is C31H34N4O6. The van der Waals surface area contributed by atoms with Crippen molar-refractivity contribution in [3.63, 3.8) is 0 Å². The monoisotopic (exact) mass is 558 g/mol. The number of fused-ring (bicyclic) bond motifs is 1. The van der Waals surface area contributed by atoms with Crippen LogP contribution in [0.4, 0.5) is 5.69 Å². The molecule has 3 amide bonds. The van der Waals surface area contributed by atoms with Crippen molar-refractivity contribution in [3.8, 4) is 11.5 Å². The van der Waals surface area contributed by atoms with Crippen molar-refractivity contribution in [3.05, 3.63) is 95.1 Å². The first kappa shape index (κ1) is 29.3. The molecule has 0 saturated heterocycles. The van der Waals surface area contributed by atoms with Gasteiger partial charge in [0.1, 0.15) is 6.04 Å². The standard InChI is InChI=1S/C31H34N4O6/c1-3-31(32,4-2)23-11-5-20(6-12-23)17-25(30(38)33-24-13-9-22(10-14-24)29(37)35-39)34-28(36)16-8-21-7-15-26-27(18-21)41-19-40-26/h5-16,18,25,39H,3-4,17,19,32H2,1-2H3,(H,33,38)(H,34,36)(H,35,37)/b16-8+/t25-/m0/s1. The zero-order chi connectivity index (χ0) is 29.4. The summed E-state index contributed by atoms with van der Waals surface area (Å²) in [5, 5.41) is 14.4. The number of amides is 3. The van der Waals surface area contributed by atoms with Crippen LogP contribution in [0.15, 0.2) is 72.8 Å². The van der Waals surface area contributed by atoms with Gasteiger partial charge in [0.2, 0.25) is 18.6 Å². The molecule has 0 radical (unpaired) electrons. The third-order valence-corrected chi connectivity index (χ3v) is 7.20. The quantitative estimate of drug-likeness (QED) is 0.136. The van der Waals surface area contributed by atoms with E-state index in [4.69, 9.17) is 20.4 Å². The molecule has 0 saturated carbocycles. The van der Waals surface area contributed by atoms with Crippen LogP contribution in [0.2, 0.25) is 0 Å². The van der Waals surface area contributed by atoms with E-state index in [1.807, 2.05) is 38.1 Å². The number of rotatable bonds is 11. The van der Waals surface area contributed by atoms with Gasteiger partial charge in [-0.3, -0.25) is 19.6 Å². The minimum atomic E-state index is -0.907. The van der Waals surface area contributed by atoms with Crippen LogP contribution >= 0.6 is 0 Å². The summed E-state index contributed by atoms with van der Waals surface area (Å²) < 4.78 is 10.7. The molecular weight excluding hydrogens is 524 g/mol. The summed E-state index contributed by atoms with van der Waals surface area (Å²) in [6.45, 7) is 4.25. The lowest BCUT2D eigenvalue weighted by Gasteiger charge is -2.27. The molecule has 1 atom stereocenters. The molecule has 4 rings (SSSR count). The van der Waals surface area contributed by atoms with Gasteiger partial charge in [-0.25, -0.2) is 5.48 Å². The number of hydrogen-bond donors (Lipinski definition) is 5. The van der Waals surface area contributed by atoms with Gasteiger partial charge in [-0.05, 0) is 72.0 Å². The fourth-order valence-corrected chi connectivity index (χ4v) is 4.48. The molecule has 214 valence electrons. The smallest absolute Gasteiger partial charge is 0.274 e. The molecule has 0 fully saturated rings. The van der Waals surface area contributed by atoms with Crippen LogP contribution in [0.5, 0.6) is 11.5 Å². The molecule has 0 aliphatic carbocycles. The van der Waals surface area contributed by atoms with Crippen LogP contribution in [-0.4, -0.2) is 35.8 Å². The summed E-state index contributed by atoms with van der Waals surface area (Å²) in [4.78, 5) is 37.8. The highest BCUT2D eigenvalue weighted by Gasteiger charge is 2.24. The van der Waals surface area contributed by atoms with E-state index in [9.17, 15) is 14.4 Å². The lowest BCUT2D eigenvalue weighted by molar-refractivity contribution is -0.123. The molecule has 10 nitrogen and oxygen atoms in total. The van der Waals surface area contributed by atoms with Crippen LogP contribution in [-0.2, 0) is 21.5 Å². The van der Waals surface area contributed by atoms with Crippen LogP contribution in [0.1, 0.15) is 53.7 Å². The predicted molar refractivity (Wildman–Crippen MR) is 154 cm³/mol. The fourth-order valence-electron chi connectivity index (χ4n) is 4.48. The zero-order valence-electron chi connectivity index (χ0n) is 23.0. The van der Waals surface area contributed by atoms with Gasteiger partial charge in [-0.15, -0.1) is 0 Å². The number of hydroxylamine groups is 1. The van der Waals surface area contributed by atoms with Gasteiger partial charge in [-0.2, -0.15) is 0 Å². The highest BCUT2D eigenvalue weighted by molar-refractivity contribution is 6.00. The number of benzene rings is 3. The molecule has 0 unspecified atom stereocenters. The summed E-state index contributed by atoms with van der Waals surface area (Å²) in [5.41, 5.74) is 10.9. The van der Waals surface area contributed by atoms with Crippen molar-refractivity contribution < 1.29 is 29.1 Å². The zero-order valence-corrected chi connectivity index (χ0v) is 23.0. The molecule has 10 heteroatoms. The third-order valence-electron chi connectivity index (χ3n) is 7.20. The van der Waals surface area contributed by atoms with E-state index in [1.54, 1.807) is 29.8 Å². The maximum absolute atomic E-state index is 13.3. The molecule has 3 aromatic carbocycles. The fraction of sp³-hybridized carbons (Fsp3) is 0.258. The second kappa shape index (κ2) is 13.1. The number of nitrogens with one attached hydrogen (secondary N) is 3. The molecule has 0 aromatic heterocycles. The summed E-state index contributed by atoms with van der Waals surface area (Å²) in [5.74, 6) is -0.313. The van der Waals surface area contributed by atoms with Crippen LogP contribution in [0.3, 0.4) is 0 Å². The van der Waals surface area contributed by atoms with E-state index in [-0.39, 0.29) is 18.8 Å². The number of hydrogen-bond acceptors (Lipinski definition) is 7. The van der Waals surface area contributed by atoms with E-state index in [2.05, 4.69) is 10.6 Å². The molecule has 1 aliphatic heterocycles. The molecule has 0 spiro atoms. The molecule has 1 heterocycles. The molecule has 6 N–H and O–H groups in total. The van der Waals surface area contributed by atoms with Gasteiger partial charge in [0.05, 0.1) is 0 Å². The Labute approximate surface area is 238 Å². The van der Waals surface area contributed by atoms with E-state index >= 15 is 0 Å². The SMILES string of the molecule is CCC(N)(CC)c1ccc(C[C@H](NC(=O)/C=C/c2ccc3c(c2)OCO3)C(=O)Nc2ccc(C(=O)NO)cc2)cc1. The maximum Gasteiger partial charge on any atom is 0.274 e. The van der Waals surface area contributed by atoms with Crippen molar-refractivity contribution in [1.82, 2.24) is 10.8 Å². The molecule has 3 aromatic rings. The molecule has 1 aliphatic rings. The van der Waals surface area contributed by atoms with Crippen LogP contribution in [0, 0.1) is 0 Å². The Morgan fingerprint density at radius 2 is 1.66 bits per heavy atom. The predicted octanol–water partition coefficient (Wildman–Crippen LogP) is 3.89. The second-order valence-corrected chi connectivity index (χ2v) is 9.78. The first-order valence-electron chi connectivity index (χ1n) is 13.4. The Bertz CT molecular complexity index is 1420. The van der Waals surface area contributed by atoms with Gasteiger partial charge >= 0.3 is 0 Å². The summed E-state index contributed by atoms with van der Waals surface area (Å²) >= 11 is 0. The Balaban J connectivity index is 1.50. The minimum absolute atomic E-state index is 0.154. The Morgan fingerprint density at radius 1 is 0.976 bits per heavy atom. The van der Waals surface area contributed by atoms with Crippen molar-refractivity contribution in [1.29, 1.82) is 0 Å². The lowest BCUT2D eigenvalue weighted by atomic mass is 9.85. The van der Waals surface area contributed by atoms with Gasteiger partial charge in [0, 0.05) is 29.3 Å². The first-order valence-corrected chi connectivity index (χ1v) is 13.4. The van der Waals surface area contributed by atoms with Crippen LogP contribution in [0.25, 0.3) is 6.08 Å². The normalized spacial score (nSPS) is 13.1. The van der Waals surface area contributed by atoms with Crippen LogP contribution < -0.4 is 31.3 Å². The van der Waals surface area contributed by atoms with Crippen molar-refractivity contribution in [2.24, 2.45) is 5.73 Å². The summed E-state index contributed by atoms with van der Waals surface area (Å²) in [6.07, 6.45) is 4.80. The van der Waals surface area contributed by atoms with Gasteiger partial charge in [0.25, 0.3) is 5.91 Å². The van der Waals surface area contributed by atoms with Gasteiger partial charge in [-0.1, -0.05) is 44.2 Å². The Kier molecular flexibility index (Phi) is 9.38. The summed E-state index contributed by atoms with van der Waals surface area (Å²) in [6, 6.07) is 18.2. The average molecular weight is 559 g/mol.